The molecule has 0 aromatic carbocycles. The van der Waals surface area contributed by atoms with Crippen molar-refractivity contribution in [2.45, 2.75) is 0 Å². The average molecular weight is 120 g/mol. The highest BCUT2D eigenvalue weighted by molar-refractivity contribution is 5.64. The smallest absolute Gasteiger partial charge is 0.404 e. The third kappa shape index (κ3) is 5.19. The SMILES string of the molecule is NOCCOC(N)=O. The van der Waals surface area contributed by atoms with Crippen LogP contribution in [-0.2, 0) is 9.57 Å². The number of nitrogens with two attached hydrogens (primary N) is 2. The van der Waals surface area contributed by atoms with Crippen LogP contribution in [0.2, 0.25) is 0 Å². The van der Waals surface area contributed by atoms with Crippen LogP contribution in [-0.4, -0.2) is 19.3 Å². The van der Waals surface area contributed by atoms with E-state index in [0.717, 1.165) is 0 Å². The Morgan fingerprint density at radius 1 is 1.50 bits per heavy atom. The minimum absolute atomic E-state index is 0.103. The molecule has 0 saturated carbocycles. The second-order valence-electron chi connectivity index (χ2n) is 1.04. The van der Waals surface area contributed by atoms with Crippen LogP contribution < -0.4 is 11.6 Å². The first kappa shape index (κ1) is 7.19. The Morgan fingerprint density at radius 2 is 2.12 bits per heavy atom. The molecule has 0 saturated heterocycles. The van der Waals surface area contributed by atoms with Gasteiger partial charge in [0, 0.05) is 0 Å². The molecular weight excluding hydrogens is 112 g/mol. The maximum Gasteiger partial charge on any atom is 0.404 e. The van der Waals surface area contributed by atoms with Gasteiger partial charge in [-0.15, -0.1) is 0 Å². The highest BCUT2D eigenvalue weighted by Crippen LogP contribution is 1.71. The first-order valence-electron chi connectivity index (χ1n) is 2.01. The van der Waals surface area contributed by atoms with E-state index in [1.54, 1.807) is 0 Å². The number of rotatable bonds is 3. The lowest BCUT2D eigenvalue weighted by molar-refractivity contribution is 0.0773. The van der Waals surface area contributed by atoms with Crippen LogP contribution in [0.4, 0.5) is 4.79 Å². The van der Waals surface area contributed by atoms with Gasteiger partial charge in [0.15, 0.2) is 0 Å². The summed E-state index contributed by atoms with van der Waals surface area (Å²) in [6.07, 6.45) is -0.818. The van der Waals surface area contributed by atoms with E-state index in [1.807, 2.05) is 0 Å². The fraction of sp³-hybridized carbons (Fsp3) is 0.667. The lowest BCUT2D eigenvalue weighted by Gasteiger charge is -1.96. The summed E-state index contributed by atoms with van der Waals surface area (Å²) in [5, 5.41) is 0. The third-order valence-electron chi connectivity index (χ3n) is 0.446. The third-order valence-corrected chi connectivity index (χ3v) is 0.446. The molecule has 0 aliphatic heterocycles. The molecule has 0 unspecified atom stereocenters. The van der Waals surface area contributed by atoms with E-state index in [1.165, 1.54) is 0 Å². The number of hydrogen-bond acceptors (Lipinski definition) is 4. The van der Waals surface area contributed by atoms with Crippen LogP contribution in [0.3, 0.4) is 0 Å². The number of primary amides is 1. The zero-order chi connectivity index (χ0) is 6.41. The van der Waals surface area contributed by atoms with E-state index in [4.69, 9.17) is 0 Å². The number of ether oxygens (including phenoxy) is 1. The van der Waals surface area contributed by atoms with Gasteiger partial charge in [0.2, 0.25) is 0 Å². The minimum Gasteiger partial charge on any atom is -0.447 e. The van der Waals surface area contributed by atoms with E-state index in [9.17, 15) is 4.79 Å². The van der Waals surface area contributed by atoms with Crippen molar-refractivity contribution in [3.63, 3.8) is 0 Å². The molecule has 0 aliphatic carbocycles. The summed E-state index contributed by atoms with van der Waals surface area (Å²) in [7, 11) is 0. The highest BCUT2D eigenvalue weighted by Gasteiger charge is 1.89. The zero-order valence-electron chi connectivity index (χ0n) is 4.29. The predicted molar refractivity (Wildman–Crippen MR) is 25.7 cm³/mol. The van der Waals surface area contributed by atoms with E-state index in [-0.39, 0.29) is 13.2 Å². The van der Waals surface area contributed by atoms with Crippen LogP contribution >= 0.6 is 0 Å². The molecular formula is C3H8N2O3. The van der Waals surface area contributed by atoms with Crippen LogP contribution in [0.5, 0.6) is 0 Å². The van der Waals surface area contributed by atoms with Gasteiger partial charge >= 0.3 is 6.09 Å². The average Bonchev–Trinajstić information content (AvgIpc) is 1.66. The molecule has 1 amide bonds. The van der Waals surface area contributed by atoms with Gasteiger partial charge in [0.25, 0.3) is 0 Å². The van der Waals surface area contributed by atoms with Gasteiger partial charge in [0.1, 0.15) is 13.2 Å². The molecule has 0 spiro atoms. The Balaban J connectivity index is 2.82. The van der Waals surface area contributed by atoms with Crippen molar-refractivity contribution in [3.05, 3.63) is 0 Å². The molecule has 4 N–H and O–H groups in total. The van der Waals surface area contributed by atoms with Crippen LogP contribution in [0.1, 0.15) is 0 Å². The first-order valence-corrected chi connectivity index (χ1v) is 2.01. The van der Waals surface area contributed by atoms with Crippen molar-refractivity contribution in [1.29, 1.82) is 0 Å². The van der Waals surface area contributed by atoms with Crippen molar-refractivity contribution in [1.82, 2.24) is 0 Å². The van der Waals surface area contributed by atoms with E-state index in [2.05, 4.69) is 21.2 Å². The fourth-order valence-corrected chi connectivity index (χ4v) is 0.190. The largest absolute Gasteiger partial charge is 0.447 e. The molecule has 0 fully saturated rings. The van der Waals surface area contributed by atoms with Gasteiger partial charge in [-0.05, 0) is 0 Å². The maximum absolute atomic E-state index is 9.78. The second-order valence-corrected chi connectivity index (χ2v) is 1.04. The summed E-state index contributed by atoms with van der Waals surface area (Å²) < 4.78 is 4.22. The van der Waals surface area contributed by atoms with Crippen molar-refractivity contribution in [2.24, 2.45) is 11.6 Å². The first-order chi connectivity index (χ1) is 3.77. The quantitative estimate of drug-likeness (QED) is 0.368. The summed E-state index contributed by atoms with van der Waals surface area (Å²) in [6, 6.07) is 0. The predicted octanol–water partition coefficient (Wildman–Crippen LogP) is -1.03. The topological polar surface area (TPSA) is 87.6 Å². The molecule has 0 rings (SSSR count). The second kappa shape index (κ2) is 4.35. The summed E-state index contributed by atoms with van der Waals surface area (Å²) >= 11 is 0. The lowest BCUT2D eigenvalue weighted by Crippen LogP contribution is -2.17. The van der Waals surface area contributed by atoms with E-state index < -0.39 is 6.09 Å². The number of carbonyl (C=O) groups excluding carboxylic acids is 1. The molecule has 0 aliphatic rings. The Labute approximate surface area is 46.5 Å². The molecule has 0 atom stereocenters. The Bertz CT molecular complexity index is 74.9. The number of carbonyl (C=O) groups is 1. The number of hydrogen-bond donors (Lipinski definition) is 2. The molecule has 5 nitrogen and oxygen atoms in total. The zero-order valence-corrected chi connectivity index (χ0v) is 4.29. The van der Waals surface area contributed by atoms with Gasteiger partial charge in [-0.3, -0.25) is 0 Å². The van der Waals surface area contributed by atoms with Crippen LogP contribution in [0.15, 0.2) is 0 Å². The summed E-state index contributed by atoms with van der Waals surface area (Å²) in [5.74, 6) is 4.58. The van der Waals surface area contributed by atoms with E-state index >= 15 is 0 Å². The Kier molecular flexibility index (Phi) is 3.91. The standard InChI is InChI=1S/C3H8N2O3/c4-3(6)7-1-2-8-5/h1-2,5H2,(H2,4,6). The molecule has 48 valence electrons. The summed E-state index contributed by atoms with van der Waals surface area (Å²) in [5.41, 5.74) is 4.58. The van der Waals surface area contributed by atoms with Crippen LogP contribution in [0, 0.1) is 0 Å². The monoisotopic (exact) mass is 120 g/mol. The molecule has 0 aromatic rings. The molecule has 8 heavy (non-hydrogen) atoms. The molecule has 0 radical (unpaired) electrons. The highest BCUT2D eigenvalue weighted by atomic mass is 16.6. The normalized spacial score (nSPS) is 8.62. The minimum atomic E-state index is -0.818. The molecule has 0 aromatic heterocycles. The summed E-state index contributed by atoms with van der Waals surface area (Å²) in [4.78, 5) is 13.8. The van der Waals surface area contributed by atoms with E-state index in [0.29, 0.717) is 0 Å². The Morgan fingerprint density at radius 3 is 2.50 bits per heavy atom. The van der Waals surface area contributed by atoms with Crippen molar-refractivity contribution in [2.75, 3.05) is 13.2 Å². The van der Waals surface area contributed by atoms with Gasteiger partial charge in [0.05, 0.1) is 0 Å². The number of amides is 1. The molecule has 0 heterocycles. The van der Waals surface area contributed by atoms with Crippen molar-refractivity contribution in [3.8, 4) is 0 Å². The van der Waals surface area contributed by atoms with Crippen molar-refractivity contribution < 1.29 is 14.4 Å². The van der Waals surface area contributed by atoms with Gasteiger partial charge in [-0.1, -0.05) is 0 Å². The van der Waals surface area contributed by atoms with Crippen molar-refractivity contribution >= 4 is 6.09 Å². The van der Waals surface area contributed by atoms with Gasteiger partial charge in [-0.25, -0.2) is 10.7 Å². The lowest BCUT2D eigenvalue weighted by atomic mass is 10.8. The molecule has 0 bridgehead atoms. The Hall–Kier alpha value is -0.810. The van der Waals surface area contributed by atoms with Gasteiger partial charge in [-0.2, -0.15) is 0 Å². The maximum atomic E-state index is 9.78. The van der Waals surface area contributed by atoms with Gasteiger partial charge < -0.3 is 15.3 Å². The van der Waals surface area contributed by atoms with Crippen LogP contribution in [0.25, 0.3) is 0 Å². The fourth-order valence-electron chi connectivity index (χ4n) is 0.190. The molecule has 5 heteroatoms. The summed E-state index contributed by atoms with van der Waals surface area (Å²) in [6.45, 7) is 0.273.